The quantitative estimate of drug-likeness (QED) is 0.373. The summed E-state index contributed by atoms with van der Waals surface area (Å²) in [5.74, 6) is 0. The van der Waals surface area contributed by atoms with Crippen molar-refractivity contribution >= 4 is 32.4 Å². The first-order valence-electron chi connectivity index (χ1n) is 7.79. The van der Waals surface area contributed by atoms with E-state index in [1.165, 1.54) is 0 Å². The monoisotopic (exact) mass is 439 g/mol. The molecule has 0 aliphatic heterocycles. The smallest absolute Gasteiger partial charge is 0.417 e. The van der Waals surface area contributed by atoms with E-state index < -0.39 is 53.9 Å². The first-order chi connectivity index (χ1) is 13.9. The summed E-state index contributed by atoms with van der Waals surface area (Å²) in [6.45, 7) is 0. The van der Waals surface area contributed by atoms with Gasteiger partial charge in [0.2, 0.25) is 0 Å². The minimum absolute atomic E-state index is 0.146. The highest BCUT2D eigenvalue weighted by Gasteiger charge is 2.34. The van der Waals surface area contributed by atoms with Crippen molar-refractivity contribution in [3.05, 3.63) is 74.1 Å². The van der Waals surface area contributed by atoms with Gasteiger partial charge in [-0.15, -0.1) is 0 Å². The number of hydrogen-bond donors (Lipinski definition) is 1. The zero-order valence-electron chi connectivity index (χ0n) is 14.4. The van der Waals surface area contributed by atoms with E-state index in [-0.39, 0.29) is 17.3 Å². The molecule has 30 heavy (non-hydrogen) atoms. The molecule has 3 aromatic rings. The summed E-state index contributed by atoms with van der Waals surface area (Å²) in [6.07, 6.45) is -4.85. The number of nitro groups is 1. The molecule has 1 heterocycles. The lowest BCUT2D eigenvalue weighted by Gasteiger charge is -2.11. The van der Waals surface area contributed by atoms with Crippen LogP contribution in [0.2, 0.25) is 0 Å². The van der Waals surface area contributed by atoms with Crippen LogP contribution in [0, 0.1) is 21.4 Å². The molecule has 0 saturated carbocycles. The van der Waals surface area contributed by atoms with Crippen LogP contribution >= 0.6 is 0 Å². The zero-order valence-corrected chi connectivity index (χ0v) is 15.2. The van der Waals surface area contributed by atoms with Crippen LogP contribution < -0.4 is 10.3 Å². The average molecular weight is 439 g/mol. The number of rotatable bonds is 4. The highest BCUT2D eigenvalue weighted by Crippen LogP contribution is 2.35. The highest BCUT2D eigenvalue weighted by molar-refractivity contribution is 7.92. The molecule has 0 aliphatic rings. The summed E-state index contributed by atoms with van der Waals surface area (Å²) in [7, 11) is -4.57. The lowest BCUT2D eigenvalue weighted by molar-refractivity contribution is -0.387. The maximum Gasteiger partial charge on any atom is 0.417 e. The molecule has 13 heteroatoms. The molecule has 9 nitrogen and oxygen atoms in total. The molecule has 2 aromatic carbocycles. The molecule has 0 atom stereocenters. The van der Waals surface area contributed by atoms with Crippen LogP contribution in [-0.4, -0.2) is 13.3 Å². The van der Waals surface area contributed by atoms with Crippen molar-refractivity contribution in [2.45, 2.75) is 11.1 Å². The summed E-state index contributed by atoms with van der Waals surface area (Å²) in [4.78, 5) is 20.9. The van der Waals surface area contributed by atoms with Gasteiger partial charge in [0.1, 0.15) is 5.58 Å². The van der Waals surface area contributed by atoms with Crippen molar-refractivity contribution in [1.82, 2.24) is 0 Å². The molecule has 0 amide bonds. The predicted molar refractivity (Wildman–Crippen MR) is 96.1 cm³/mol. The second-order valence-corrected chi connectivity index (χ2v) is 7.50. The minimum Gasteiger partial charge on any atom is -0.423 e. The minimum atomic E-state index is -4.85. The molecule has 1 N–H and O–H groups in total. The molecule has 0 fully saturated rings. The van der Waals surface area contributed by atoms with Crippen molar-refractivity contribution in [2.75, 3.05) is 4.72 Å². The maximum absolute atomic E-state index is 13.1. The Labute approximate surface area is 165 Å². The molecule has 0 radical (unpaired) electrons. The van der Waals surface area contributed by atoms with Crippen LogP contribution in [0.4, 0.5) is 24.5 Å². The van der Waals surface area contributed by atoms with Gasteiger partial charge in [-0.05, 0) is 24.3 Å². The fraction of sp³-hybridized carbons (Fsp3) is 0.0588. The number of fused-ring (bicyclic) bond motifs is 1. The standard InChI is InChI=1S/C17H8F3N3O6S/c18-17(19,20)12-7-16(24)29-14-6-10(2-3-11(12)14)22-30(27,28)15-4-1-9(8-21)5-13(15)23(25)26/h1-7,22H. The number of sulfonamides is 1. The first kappa shape index (κ1) is 20.8. The van der Waals surface area contributed by atoms with Gasteiger partial charge in [-0.3, -0.25) is 14.8 Å². The largest absolute Gasteiger partial charge is 0.423 e. The van der Waals surface area contributed by atoms with Crippen LogP contribution in [0.5, 0.6) is 0 Å². The van der Waals surface area contributed by atoms with Gasteiger partial charge in [0, 0.05) is 23.6 Å². The Bertz CT molecular complexity index is 1390. The van der Waals surface area contributed by atoms with Crippen LogP contribution in [-0.2, 0) is 16.2 Å². The van der Waals surface area contributed by atoms with Gasteiger partial charge in [0.05, 0.1) is 27.8 Å². The van der Waals surface area contributed by atoms with Crippen molar-refractivity contribution in [1.29, 1.82) is 5.26 Å². The lowest BCUT2D eigenvalue weighted by atomic mass is 10.1. The molecule has 154 valence electrons. The van der Waals surface area contributed by atoms with Crippen LogP contribution in [0.15, 0.2) is 56.6 Å². The van der Waals surface area contributed by atoms with Gasteiger partial charge in [0.15, 0.2) is 4.90 Å². The Balaban J connectivity index is 2.10. The Morgan fingerprint density at radius 1 is 1.13 bits per heavy atom. The number of nitriles is 1. The summed E-state index contributed by atoms with van der Waals surface area (Å²) >= 11 is 0. The van der Waals surface area contributed by atoms with Gasteiger partial charge >= 0.3 is 11.8 Å². The number of nitro benzene ring substituents is 1. The summed E-state index contributed by atoms with van der Waals surface area (Å²) in [5.41, 5.74) is -4.41. The maximum atomic E-state index is 13.1. The number of halogens is 3. The van der Waals surface area contributed by atoms with Crippen molar-refractivity contribution in [2.24, 2.45) is 0 Å². The Hall–Kier alpha value is -3.92. The molecule has 0 bridgehead atoms. The second-order valence-electron chi connectivity index (χ2n) is 5.84. The van der Waals surface area contributed by atoms with Crippen LogP contribution in [0.25, 0.3) is 11.0 Å². The van der Waals surface area contributed by atoms with Gasteiger partial charge < -0.3 is 4.42 Å². The highest BCUT2D eigenvalue weighted by atomic mass is 32.2. The van der Waals surface area contributed by atoms with Crippen LogP contribution in [0.1, 0.15) is 11.1 Å². The van der Waals surface area contributed by atoms with E-state index in [0.29, 0.717) is 0 Å². The zero-order chi connectivity index (χ0) is 22.3. The molecule has 0 aliphatic carbocycles. The topological polar surface area (TPSA) is 143 Å². The van der Waals surface area contributed by atoms with Crippen molar-refractivity contribution in [3.8, 4) is 6.07 Å². The van der Waals surface area contributed by atoms with E-state index in [4.69, 9.17) is 9.68 Å². The van der Waals surface area contributed by atoms with Crippen LogP contribution in [0.3, 0.4) is 0 Å². The fourth-order valence-corrected chi connectivity index (χ4v) is 3.83. The number of alkyl halides is 3. The van der Waals surface area contributed by atoms with Crippen molar-refractivity contribution < 1.29 is 30.9 Å². The third-order valence-corrected chi connectivity index (χ3v) is 5.31. The normalized spacial score (nSPS) is 11.8. The molecule has 3 rings (SSSR count). The van der Waals surface area contributed by atoms with E-state index in [2.05, 4.69) is 0 Å². The third-order valence-electron chi connectivity index (χ3n) is 3.88. The Morgan fingerprint density at radius 2 is 1.83 bits per heavy atom. The fourth-order valence-electron chi connectivity index (χ4n) is 2.63. The number of benzene rings is 2. The SMILES string of the molecule is N#Cc1ccc(S(=O)(=O)Nc2ccc3c(C(F)(F)F)cc(=O)oc3c2)c([N+](=O)[O-])c1. The molecule has 0 saturated heterocycles. The predicted octanol–water partition coefficient (Wildman–Crippen LogP) is 3.39. The van der Waals surface area contributed by atoms with Gasteiger partial charge in [-0.2, -0.15) is 18.4 Å². The number of nitrogens with zero attached hydrogens (tertiary/aromatic N) is 2. The Kier molecular flexibility index (Phi) is 4.96. The lowest BCUT2D eigenvalue weighted by Crippen LogP contribution is -2.15. The first-order valence-corrected chi connectivity index (χ1v) is 9.27. The van der Waals surface area contributed by atoms with E-state index in [9.17, 15) is 36.5 Å². The summed E-state index contributed by atoms with van der Waals surface area (Å²) in [6, 6.07) is 7.30. The van der Waals surface area contributed by atoms with Gasteiger partial charge in [-0.25, -0.2) is 13.2 Å². The molecule has 0 spiro atoms. The summed E-state index contributed by atoms with van der Waals surface area (Å²) < 4.78 is 71.1. The summed E-state index contributed by atoms with van der Waals surface area (Å²) in [5, 5.41) is 19.5. The molecular weight excluding hydrogens is 431 g/mol. The number of anilines is 1. The molecule has 1 aromatic heterocycles. The molecule has 0 unspecified atom stereocenters. The number of hydrogen-bond acceptors (Lipinski definition) is 7. The Morgan fingerprint density at radius 3 is 2.43 bits per heavy atom. The molecular formula is C17H8F3N3O6S. The second kappa shape index (κ2) is 7.16. The van der Waals surface area contributed by atoms with E-state index in [1.807, 2.05) is 4.72 Å². The van der Waals surface area contributed by atoms with E-state index >= 15 is 0 Å². The van der Waals surface area contributed by atoms with E-state index in [1.54, 1.807) is 6.07 Å². The van der Waals surface area contributed by atoms with Gasteiger partial charge in [-0.1, -0.05) is 0 Å². The van der Waals surface area contributed by atoms with Gasteiger partial charge in [0.25, 0.3) is 15.7 Å². The third kappa shape index (κ3) is 3.94. The number of nitrogens with one attached hydrogen (secondary N) is 1. The average Bonchev–Trinajstić information content (AvgIpc) is 2.65. The van der Waals surface area contributed by atoms with E-state index in [0.717, 1.165) is 36.4 Å². The van der Waals surface area contributed by atoms with Crippen molar-refractivity contribution in [3.63, 3.8) is 0 Å².